The fourth-order valence-electron chi connectivity index (χ4n) is 2.54. The van der Waals surface area contributed by atoms with Crippen molar-refractivity contribution >= 4 is 35.1 Å². The highest BCUT2D eigenvalue weighted by Crippen LogP contribution is 2.27. The second-order valence-electron chi connectivity index (χ2n) is 5.83. The molecule has 0 atom stereocenters. The van der Waals surface area contributed by atoms with Crippen molar-refractivity contribution < 1.29 is 13.9 Å². The molecule has 7 heteroatoms. The molecule has 5 nitrogen and oxygen atoms in total. The predicted molar refractivity (Wildman–Crippen MR) is 106 cm³/mol. The standard InChI is InChI=1S/C20H18Cl2N2O3/c1-3-24-13(2)17(11-23-24)20(25)9-7-14-4-5-16(27-14)12-26-15-6-8-18(21)19(22)10-15/h4-11H,3,12H2,1-2H3/b9-7+. The van der Waals surface area contributed by atoms with E-state index in [0.717, 1.165) is 12.2 Å². The molecule has 2 heterocycles. The van der Waals surface area contributed by atoms with Crippen LogP contribution in [0.5, 0.6) is 5.75 Å². The molecule has 0 bridgehead atoms. The van der Waals surface area contributed by atoms with E-state index in [2.05, 4.69) is 5.10 Å². The van der Waals surface area contributed by atoms with Crippen molar-refractivity contribution in [3.63, 3.8) is 0 Å². The van der Waals surface area contributed by atoms with Crippen molar-refractivity contribution in [2.24, 2.45) is 0 Å². The van der Waals surface area contributed by atoms with Gasteiger partial charge in [-0.15, -0.1) is 0 Å². The minimum atomic E-state index is -0.114. The molecule has 1 aromatic carbocycles. The summed E-state index contributed by atoms with van der Waals surface area (Å²) >= 11 is 11.8. The zero-order valence-corrected chi connectivity index (χ0v) is 16.4. The second kappa shape index (κ2) is 8.46. The predicted octanol–water partition coefficient (Wildman–Crippen LogP) is 5.59. The van der Waals surface area contributed by atoms with E-state index in [4.69, 9.17) is 32.4 Å². The lowest BCUT2D eigenvalue weighted by Gasteiger charge is -2.05. The number of ether oxygens (including phenoxy) is 1. The number of furan rings is 1. The van der Waals surface area contributed by atoms with Crippen LogP contribution in [-0.2, 0) is 13.2 Å². The molecular formula is C20H18Cl2N2O3. The summed E-state index contributed by atoms with van der Waals surface area (Å²) in [5.41, 5.74) is 1.44. The Morgan fingerprint density at radius 2 is 2.07 bits per heavy atom. The van der Waals surface area contributed by atoms with Crippen molar-refractivity contribution in [1.29, 1.82) is 0 Å². The number of hydrogen-bond donors (Lipinski definition) is 0. The number of rotatable bonds is 7. The lowest BCUT2D eigenvalue weighted by atomic mass is 10.1. The third-order valence-corrected chi connectivity index (χ3v) is 4.76. The van der Waals surface area contributed by atoms with E-state index in [1.54, 1.807) is 47.3 Å². The van der Waals surface area contributed by atoms with Crippen LogP contribution in [0.3, 0.4) is 0 Å². The molecule has 27 heavy (non-hydrogen) atoms. The number of allylic oxidation sites excluding steroid dienone is 1. The first-order valence-corrected chi connectivity index (χ1v) is 9.15. The topological polar surface area (TPSA) is 57.3 Å². The van der Waals surface area contributed by atoms with Gasteiger partial charge in [0.15, 0.2) is 5.78 Å². The van der Waals surface area contributed by atoms with Gasteiger partial charge in [0.05, 0.1) is 21.8 Å². The van der Waals surface area contributed by atoms with Gasteiger partial charge in [0.25, 0.3) is 0 Å². The Morgan fingerprint density at radius 3 is 2.78 bits per heavy atom. The Kier molecular flexibility index (Phi) is 6.04. The summed E-state index contributed by atoms with van der Waals surface area (Å²) in [6.07, 6.45) is 4.70. The number of ketones is 1. The smallest absolute Gasteiger partial charge is 0.189 e. The summed E-state index contributed by atoms with van der Waals surface area (Å²) in [7, 11) is 0. The van der Waals surface area contributed by atoms with Gasteiger partial charge in [-0.05, 0) is 50.3 Å². The highest BCUT2D eigenvalue weighted by Gasteiger charge is 2.11. The van der Waals surface area contributed by atoms with E-state index in [1.165, 1.54) is 6.08 Å². The summed E-state index contributed by atoms with van der Waals surface area (Å²) in [6.45, 7) is 4.82. The Balaban J connectivity index is 1.61. The summed E-state index contributed by atoms with van der Waals surface area (Å²) in [5, 5.41) is 5.08. The maximum atomic E-state index is 12.3. The van der Waals surface area contributed by atoms with E-state index >= 15 is 0 Å². The first-order valence-electron chi connectivity index (χ1n) is 8.39. The Hall–Kier alpha value is -2.50. The molecule has 0 saturated carbocycles. The molecular weight excluding hydrogens is 387 g/mol. The number of carbonyl (C=O) groups excluding carboxylic acids is 1. The lowest BCUT2D eigenvalue weighted by Crippen LogP contribution is -2.01. The van der Waals surface area contributed by atoms with Crippen molar-refractivity contribution in [1.82, 2.24) is 9.78 Å². The number of benzene rings is 1. The van der Waals surface area contributed by atoms with Crippen LogP contribution in [0.2, 0.25) is 10.0 Å². The van der Waals surface area contributed by atoms with E-state index in [9.17, 15) is 4.79 Å². The van der Waals surface area contributed by atoms with Gasteiger partial charge in [0, 0.05) is 18.3 Å². The largest absolute Gasteiger partial charge is 0.486 e. The summed E-state index contributed by atoms with van der Waals surface area (Å²) in [4.78, 5) is 12.3. The van der Waals surface area contributed by atoms with Gasteiger partial charge in [0.2, 0.25) is 0 Å². The minimum Gasteiger partial charge on any atom is -0.486 e. The van der Waals surface area contributed by atoms with Gasteiger partial charge in [-0.2, -0.15) is 5.10 Å². The molecule has 0 aliphatic heterocycles. The first kappa shape index (κ1) is 19.3. The Labute approximate surface area is 167 Å². The van der Waals surface area contributed by atoms with Crippen LogP contribution in [0.4, 0.5) is 0 Å². The maximum Gasteiger partial charge on any atom is 0.189 e. The third-order valence-electron chi connectivity index (χ3n) is 4.02. The zero-order valence-electron chi connectivity index (χ0n) is 14.9. The summed E-state index contributed by atoms with van der Waals surface area (Å²) < 4.78 is 13.1. The Morgan fingerprint density at radius 1 is 1.26 bits per heavy atom. The summed E-state index contributed by atoms with van der Waals surface area (Å²) in [6, 6.07) is 8.62. The molecule has 140 valence electrons. The van der Waals surface area contributed by atoms with Crippen LogP contribution in [0.15, 0.2) is 47.0 Å². The molecule has 2 aromatic heterocycles. The average Bonchev–Trinajstić information content (AvgIpc) is 3.27. The van der Waals surface area contributed by atoms with Gasteiger partial charge >= 0.3 is 0 Å². The fourth-order valence-corrected chi connectivity index (χ4v) is 2.83. The van der Waals surface area contributed by atoms with Crippen LogP contribution in [0, 0.1) is 6.92 Å². The number of nitrogens with zero attached hydrogens (tertiary/aromatic N) is 2. The molecule has 3 rings (SSSR count). The molecule has 0 N–H and O–H groups in total. The van der Waals surface area contributed by atoms with Crippen molar-refractivity contribution in [2.45, 2.75) is 27.0 Å². The normalized spacial score (nSPS) is 11.3. The second-order valence-corrected chi connectivity index (χ2v) is 6.64. The molecule has 0 radical (unpaired) electrons. The monoisotopic (exact) mass is 404 g/mol. The number of carbonyl (C=O) groups is 1. The van der Waals surface area contributed by atoms with Gasteiger partial charge in [-0.25, -0.2) is 0 Å². The quantitative estimate of drug-likeness (QED) is 0.380. The van der Waals surface area contributed by atoms with Gasteiger partial charge in [-0.3, -0.25) is 9.48 Å². The number of aromatic nitrogens is 2. The average molecular weight is 405 g/mol. The van der Waals surface area contributed by atoms with Gasteiger partial charge in [0.1, 0.15) is 23.9 Å². The van der Waals surface area contributed by atoms with Crippen molar-refractivity contribution in [3.05, 3.63) is 75.4 Å². The molecule has 0 amide bonds. The highest BCUT2D eigenvalue weighted by molar-refractivity contribution is 6.42. The van der Waals surface area contributed by atoms with Crippen molar-refractivity contribution in [3.8, 4) is 5.75 Å². The molecule has 0 aliphatic rings. The van der Waals surface area contributed by atoms with Gasteiger partial charge < -0.3 is 9.15 Å². The summed E-state index contributed by atoms with van der Waals surface area (Å²) in [5.74, 6) is 1.67. The van der Waals surface area contributed by atoms with Crippen LogP contribution >= 0.6 is 23.2 Å². The maximum absolute atomic E-state index is 12.3. The molecule has 0 fully saturated rings. The first-order chi connectivity index (χ1) is 13.0. The number of halogens is 2. The molecule has 0 unspecified atom stereocenters. The van der Waals surface area contributed by atoms with E-state index in [0.29, 0.717) is 32.9 Å². The Bertz CT molecular complexity index is 989. The fraction of sp³-hybridized carbons (Fsp3) is 0.200. The SMILES string of the molecule is CCn1ncc(C(=O)/C=C/c2ccc(COc3ccc(Cl)c(Cl)c3)o2)c1C. The molecule has 0 aliphatic carbocycles. The van der Waals surface area contributed by atoms with Gasteiger partial charge in [-0.1, -0.05) is 23.2 Å². The van der Waals surface area contributed by atoms with E-state index in [-0.39, 0.29) is 12.4 Å². The highest BCUT2D eigenvalue weighted by atomic mass is 35.5. The third kappa shape index (κ3) is 4.62. The lowest BCUT2D eigenvalue weighted by molar-refractivity contribution is 0.104. The van der Waals surface area contributed by atoms with E-state index in [1.807, 2.05) is 13.8 Å². The zero-order chi connectivity index (χ0) is 19.4. The number of hydrogen-bond acceptors (Lipinski definition) is 4. The van der Waals surface area contributed by atoms with Crippen LogP contribution < -0.4 is 4.74 Å². The van der Waals surface area contributed by atoms with E-state index < -0.39 is 0 Å². The molecule has 0 spiro atoms. The van der Waals surface area contributed by atoms with Crippen molar-refractivity contribution in [2.75, 3.05) is 0 Å². The van der Waals surface area contributed by atoms with Crippen LogP contribution in [-0.4, -0.2) is 15.6 Å². The molecule has 0 saturated heterocycles. The van der Waals surface area contributed by atoms with Crippen LogP contribution in [0.25, 0.3) is 6.08 Å². The van der Waals surface area contributed by atoms with Crippen LogP contribution in [0.1, 0.15) is 34.5 Å². The minimum absolute atomic E-state index is 0.114. The molecule has 3 aromatic rings. The number of aryl methyl sites for hydroxylation is 1.